The number of nitrogens with zero attached hydrogens (tertiary/aromatic N) is 2. The van der Waals surface area contributed by atoms with Gasteiger partial charge in [0.1, 0.15) is 12.0 Å². The van der Waals surface area contributed by atoms with Crippen molar-refractivity contribution in [2.45, 2.75) is 52.2 Å². The van der Waals surface area contributed by atoms with Crippen LogP contribution in [0.15, 0.2) is 0 Å². The Kier molecular flexibility index (Phi) is 4.49. The Balaban J connectivity index is 1.91. The Labute approximate surface area is 148 Å². The van der Waals surface area contributed by atoms with E-state index in [9.17, 15) is 14.9 Å². The van der Waals surface area contributed by atoms with Crippen LogP contribution in [0, 0.1) is 52.9 Å². The fourth-order valence-electron chi connectivity index (χ4n) is 4.70. The van der Waals surface area contributed by atoms with Gasteiger partial charge >= 0.3 is 11.9 Å². The summed E-state index contributed by atoms with van der Waals surface area (Å²) >= 11 is 0. The third-order valence-corrected chi connectivity index (χ3v) is 6.53. The molecule has 0 aromatic rings. The van der Waals surface area contributed by atoms with Crippen LogP contribution in [0.1, 0.15) is 40.0 Å². The average molecular weight is 344 g/mol. The minimum Gasteiger partial charge on any atom is -0.465 e. The molecule has 3 aliphatic rings. The first-order valence-corrected chi connectivity index (χ1v) is 8.99. The fourth-order valence-corrected chi connectivity index (χ4v) is 4.70. The van der Waals surface area contributed by atoms with E-state index in [4.69, 9.17) is 16.0 Å². The molecular formula is C19H24N2O4. The highest BCUT2D eigenvalue weighted by molar-refractivity contribution is 5.77. The van der Waals surface area contributed by atoms with Crippen molar-refractivity contribution in [3.05, 3.63) is 11.4 Å². The molecule has 0 radical (unpaired) electrons. The molecule has 0 aromatic heterocycles. The van der Waals surface area contributed by atoms with Crippen molar-refractivity contribution in [3.63, 3.8) is 0 Å². The second kappa shape index (κ2) is 6.33. The van der Waals surface area contributed by atoms with Crippen molar-refractivity contribution >= 4 is 11.9 Å². The topological polar surface area (TPSA) is 80.8 Å². The SMILES string of the molecule is [C-]#[N+]C1C(C#N)C2CC1C(OC(=O)C(C)(C)CC)C2C1CCOC1=O. The first-order valence-electron chi connectivity index (χ1n) is 8.99. The van der Waals surface area contributed by atoms with E-state index in [1.807, 2.05) is 20.8 Å². The zero-order valence-corrected chi connectivity index (χ0v) is 14.9. The maximum absolute atomic E-state index is 12.6. The van der Waals surface area contributed by atoms with Crippen LogP contribution >= 0.6 is 0 Å². The fraction of sp³-hybridized carbons (Fsp3) is 0.789. The van der Waals surface area contributed by atoms with Gasteiger partial charge in [-0.25, -0.2) is 6.57 Å². The second-order valence-corrected chi connectivity index (χ2v) is 8.09. The predicted molar refractivity (Wildman–Crippen MR) is 87.6 cm³/mol. The molecule has 6 heteroatoms. The number of hydrogen-bond donors (Lipinski definition) is 0. The van der Waals surface area contributed by atoms with Crippen LogP contribution in [-0.4, -0.2) is 30.7 Å². The molecule has 0 spiro atoms. The lowest BCUT2D eigenvalue weighted by Crippen LogP contribution is -2.47. The summed E-state index contributed by atoms with van der Waals surface area (Å²) < 4.78 is 11.0. The van der Waals surface area contributed by atoms with Crippen LogP contribution in [0.3, 0.4) is 0 Å². The lowest BCUT2D eigenvalue weighted by Gasteiger charge is -2.36. The molecule has 7 atom stereocenters. The van der Waals surface area contributed by atoms with Gasteiger partial charge in [-0.05, 0) is 39.0 Å². The second-order valence-electron chi connectivity index (χ2n) is 8.09. The summed E-state index contributed by atoms with van der Waals surface area (Å²) in [5.74, 6) is -1.73. The van der Waals surface area contributed by atoms with Crippen molar-refractivity contribution in [1.29, 1.82) is 5.26 Å². The molecule has 7 unspecified atom stereocenters. The minimum atomic E-state index is -0.606. The molecule has 25 heavy (non-hydrogen) atoms. The van der Waals surface area contributed by atoms with E-state index in [-0.39, 0.29) is 35.6 Å². The van der Waals surface area contributed by atoms with Crippen LogP contribution in [0.4, 0.5) is 0 Å². The van der Waals surface area contributed by atoms with Crippen molar-refractivity contribution in [3.8, 4) is 6.07 Å². The number of carbonyl (C=O) groups excluding carboxylic acids is 2. The lowest BCUT2D eigenvalue weighted by atomic mass is 9.70. The number of nitriles is 1. The van der Waals surface area contributed by atoms with E-state index in [0.717, 1.165) is 0 Å². The maximum atomic E-state index is 12.6. The Morgan fingerprint density at radius 2 is 2.20 bits per heavy atom. The third-order valence-electron chi connectivity index (χ3n) is 6.53. The van der Waals surface area contributed by atoms with Gasteiger partial charge in [-0.2, -0.15) is 5.26 Å². The first-order chi connectivity index (χ1) is 11.9. The van der Waals surface area contributed by atoms with Crippen molar-refractivity contribution in [2.24, 2.45) is 35.0 Å². The van der Waals surface area contributed by atoms with Crippen LogP contribution in [0.25, 0.3) is 4.85 Å². The highest BCUT2D eigenvalue weighted by Gasteiger charge is 2.66. The number of carbonyl (C=O) groups is 2. The lowest BCUT2D eigenvalue weighted by molar-refractivity contribution is -0.169. The summed E-state index contributed by atoms with van der Waals surface area (Å²) in [5.41, 5.74) is -0.606. The molecule has 0 aromatic carbocycles. The molecule has 6 nitrogen and oxygen atoms in total. The van der Waals surface area contributed by atoms with Crippen LogP contribution < -0.4 is 0 Å². The van der Waals surface area contributed by atoms with Gasteiger partial charge in [0.05, 0.1) is 29.9 Å². The number of rotatable bonds is 4. The molecule has 1 aliphatic heterocycles. The molecule has 2 aliphatic carbocycles. The van der Waals surface area contributed by atoms with E-state index < -0.39 is 23.5 Å². The number of cyclic esters (lactones) is 1. The van der Waals surface area contributed by atoms with Crippen molar-refractivity contribution in [1.82, 2.24) is 0 Å². The first kappa shape index (κ1) is 17.7. The highest BCUT2D eigenvalue weighted by atomic mass is 16.6. The summed E-state index contributed by atoms with van der Waals surface area (Å²) in [4.78, 5) is 28.5. The summed E-state index contributed by atoms with van der Waals surface area (Å²) in [6, 6.07) is 1.82. The number of esters is 2. The molecule has 0 N–H and O–H groups in total. The smallest absolute Gasteiger partial charge is 0.311 e. The normalized spacial score (nSPS) is 39.6. The zero-order valence-electron chi connectivity index (χ0n) is 14.9. The summed E-state index contributed by atoms with van der Waals surface area (Å²) in [6.45, 7) is 13.5. The zero-order chi connectivity index (χ0) is 18.4. The summed E-state index contributed by atoms with van der Waals surface area (Å²) in [6.07, 6.45) is 1.45. The quantitative estimate of drug-likeness (QED) is 0.578. The number of hydrogen-bond acceptors (Lipinski definition) is 5. The molecule has 0 amide bonds. The van der Waals surface area contributed by atoms with Crippen molar-refractivity contribution < 1.29 is 19.1 Å². The van der Waals surface area contributed by atoms with E-state index in [1.54, 1.807) is 0 Å². The van der Waals surface area contributed by atoms with E-state index in [2.05, 4.69) is 10.9 Å². The minimum absolute atomic E-state index is 0.0766. The highest BCUT2D eigenvalue weighted by Crippen LogP contribution is 2.57. The van der Waals surface area contributed by atoms with Gasteiger partial charge in [-0.3, -0.25) is 9.59 Å². The van der Waals surface area contributed by atoms with Crippen LogP contribution in [0.5, 0.6) is 0 Å². The summed E-state index contributed by atoms with van der Waals surface area (Å²) in [5, 5.41) is 9.53. The van der Waals surface area contributed by atoms with Gasteiger partial charge in [0.15, 0.2) is 0 Å². The summed E-state index contributed by atoms with van der Waals surface area (Å²) in [7, 11) is 0. The van der Waals surface area contributed by atoms with Crippen molar-refractivity contribution in [2.75, 3.05) is 6.61 Å². The van der Waals surface area contributed by atoms with Gasteiger partial charge in [0, 0.05) is 5.92 Å². The molecule has 134 valence electrons. The van der Waals surface area contributed by atoms with Gasteiger partial charge in [-0.1, -0.05) is 6.92 Å². The van der Waals surface area contributed by atoms with E-state index in [0.29, 0.717) is 25.9 Å². The maximum Gasteiger partial charge on any atom is 0.311 e. The van der Waals surface area contributed by atoms with E-state index in [1.165, 1.54) is 0 Å². The standard InChI is InChI=1S/C19H24N2O4/c1-5-19(2,3)18(23)25-16-12-8-11(13(9-20)15(12)21-4)14(16)10-6-7-24-17(10)22/h10-16H,5-8H2,1-3H3. The van der Waals surface area contributed by atoms with Crippen LogP contribution in [0.2, 0.25) is 0 Å². The molecular weight excluding hydrogens is 320 g/mol. The largest absolute Gasteiger partial charge is 0.465 e. The Morgan fingerprint density at radius 3 is 2.72 bits per heavy atom. The molecule has 1 saturated heterocycles. The molecule has 3 fully saturated rings. The van der Waals surface area contributed by atoms with Gasteiger partial charge in [0.25, 0.3) is 0 Å². The van der Waals surface area contributed by atoms with Gasteiger partial charge in [-0.15, -0.1) is 0 Å². The van der Waals surface area contributed by atoms with E-state index >= 15 is 0 Å². The Hall–Kier alpha value is -2.08. The molecule has 2 saturated carbocycles. The molecule has 1 heterocycles. The average Bonchev–Trinajstić information content (AvgIpc) is 3.26. The Bertz CT molecular complexity index is 659. The molecule has 2 bridgehead atoms. The van der Waals surface area contributed by atoms with Crippen LogP contribution in [-0.2, 0) is 19.1 Å². The number of ether oxygens (including phenoxy) is 2. The molecule has 3 rings (SSSR count). The van der Waals surface area contributed by atoms with Gasteiger partial charge in [0.2, 0.25) is 6.04 Å². The number of fused-ring (bicyclic) bond motifs is 2. The third kappa shape index (κ3) is 2.68. The predicted octanol–water partition coefficient (Wildman–Crippen LogP) is 2.59. The van der Waals surface area contributed by atoms with Gasteiger partial charge < -0.3 is 14.3 Å². The Morgan fingerprint density at radius 1 is 1.48 bits per heavy atom. The monoisotopic (exact) mass is 344 g/mol.